The van der Waals surface area contributed by atoms with E-state index in [1.54, 1.807) is 0 Å². The number of carbonyl (C=O) groups excluding carboxylic acids is 1. The van der Waals surface area contributed by atoms with Crippen LogP contribution >= 0.6 is 0 Å². The molecule has 1 aliphatic carbocycles. The molecule has 26 heavy (non-hydrogen) atoms. The normalized spacial score (nSPS) is 17.5. The molecule has 2 atom stereocenters. The Morgan fingerprint density at radius 3 is 2.65 bits per heavy atom. The van der Waals surface area contributed by atoms with Crippen LogP contribution in [0.5, 0.6) is 0 Å². The number of hydrogen-bond donors (Lipinski definition) is 2. The first-order chi connectivity index (χ1) is 12.7. The number of rotatable bonds is 4. The van der Waals surface area contributed by atoms with Crippen molar-refractivity contribution in [3.63, 3.8) is 0 Å². The predicted octanol–water partition coefficient (Wildman–Crippen LogP) is 4.83. The molecule has 3 nitrogen and oxygen atoms in total. The fraction of sp³-hybridized carbons (Fsp3) is 0.261. The fourth-order valence-electron chi connectivity index (χ4n) is 3.82. The molecule has 0 radical (unpaired) electrons. The lowest BCUT2D eigenvalue weighted by molar-refractivity contribution is -0.118. The summed E-state index contributed by atoms with van der Waals surface area (Å²) in [4.78, 5) is 12.7. The topological polar surface area (TPSA) is 41.1 Å². The van der Waals surface area contributed by atoms with Crippen molar-refractivity contribution in [1.82, 2.24) is 5.32 Å². The van der Waals surface area contributed by atoms with E-state index in [0.29, 0.717) is 0 Å². The highest BCUT2D eigenvalue weighted by atomic mass is 16.2. The Hall–Kier alpha value is -2.65. The Morgan fingerprint density at radius 2 is 1.77 bits per heavy atom. The minimum atomic E-state index is -0.252. The van der Waals surface area contributed by atoms with Crippen LogP contribution in [0.1, 0.15) is 36.9 Å². The van der Waals surface area contributed by atoms with Gasteiger partial charge in [0.2, 0.25) is 5.91 Å². The van der Waals surface area contributed by atoms with Crippen molar-refractivity contribution in [2.45, 2.75) is 38.3 Å². The maximum atomic E-state index is 12.7. The zero-order valence-corrected chi connectivity index (χ0v) is 15.0. The van der Waals surface area contributed by atoms with Crippen molar-refractivity contribution in [2.75, 3.05) is 5.32 Å². The second kappa shape index (κ2) is 7.30. The van der Waals surface area contributed by atoms with Crippen molar-refractivity contribution in [2.24, 2.45) is 0 Å². The molecule has 3 heteroatoms. The van der Waals surface area contributed by atoms with Gasteiger partial charge in [0.25, 0.3) is 0 Å². The van der Waals surface area contributed by atoms with Gasteiger partial charge in [-0.3, -0.25) is 10.1 Å². The smallest absolute Gasteiger partial charge is 0.241 e. The summed E-state index contributed by atoms with van der Waals surface area (Å²) in [6, 6.07) is 22.7. The van der Waals surface area contributed by atoms with Gasteiger partial charge in [-0.05, 0) is 60.2 Å². The average Bonchev–Trinajstić information content (AvgIpc) is 2.68. The number of aryl methyl sites for hydroxylation is 1. The first kappa shape index (κ1) is 16.8. The maximum absolute atomic E-state index is 12.7. The van der Waals surface area contributed by atoms with Crippen molar-refractivity contribution in [3.8, 4) is 0 Å². The van der Waals surface area contributed by atoms with E-state index in [4.69, 9.17) is 0 Å². The third-order valence-corrected chi connectivity index (χ3v) is 5.23. The molecular formula is C23H24N2O. The molecule has 0 aromatic heterocycles. The van der Waals surface area contributed by atoms with Crippen LogP contribution in [0.15, 0.2) is 66.7 Å². The van der Waals surface area contributed by atoms with E-state index in [0.717, 1.165) is 30.3 Å². The summed E-state index contributed by atoms with van der Waals surface area (Å²) < 4.78 is 0. The van der Waals surface area contributed by atoms with Crippen LogP contribution in [0.25, 0.3) is 10.8 Å². The minimum Gasteiger partial charge on any atom is -0.325 e. The van der Waals surface area contributed by atoms with E-state index in [2.05, 4.69) is 47.0 Å². The standard InChI is InChI=1S/C23H24N2O/c1-16(24-22-12-6-10-18-8-4-5-11-21(18)22)23(26)25-20-14-13-17-7-2-3-9-19(17)15-20/h2-5,7-9,11,13-16,22,24H,6,10,12H2,1H3,(H,25,26). The molecule has 3 aromatic rings. The lowest BCUT2D eigenvalue weighted by Crippen LogP contribution is -2.41. The molecule has 0 heterocycles. The summed E-state index contributed by atoms with van der Waals surface area (Å²) >= 11 is 0. The number of fused-ring (bicyclic) bond motifs is 2. The molecule has 132 valence electrons. The minimum absolute atomic E-state index is 0.00309. The quantitative estimate of drug-likeness (QED) is 0.711. The van der Waals surface area contributed by atoms with Gasteiger partial charge in [-0.1, -0.05) is 54.6 Å². The van der Waals surface area contributed by atoms with Crippen molar-refractivity contribution < 1.29 is 4.79 Å². The highest BCUT2D eigenvalue weighted by molar-refractivity contribution is 5.97. The van der Waals surface area contributed by atoms with Gasteiger partial charge in [0.15, 0.2) is 0 Å². The van der Waals surface area contributed by atoms with Gasteiger partial charge in [-0.15, -0.1) is 0 Å². The molecule has 0 aliphatic heterocycles. The monoisotopic (exact) mass is 344 g/mol. The summed E-state index contributed by atoms with van der Waals surface area (Å²) in [7, 11) is 0. The van der Waals surface area contributed by atoms with Crippen LogP contribution in [0.2, 0.25) is 0 Å². The van der Waals surface area contributed by atoms with Gasteiger partial charge in [0.1, 0.15) is 0 Å². The van der Waals surface area contributed by atoms with E-state index < -0.39 is 0 Å². The van der Waals surface area contributed by atoms with Crippen molar-refractivity contribution in [1.29, 1.82) is 0 Å². The van der Waals surface area contributed by atoms with Crippen LogP contribution < -0.4 is 10.6 Å². The van der Waals surface area contributed by atoms with Gasteiger partial charge >= 0.3 is 0 Å². The fourth-order valence-corrected chi connectivity index (χ4v) is 3.82. The second-order valence-corrected chi connectivity index (χ2v) is 7.08. The number of carbonyl (C=O) groups is 1. The molecule has 2 N–H and O–H groups in total. The number of amides is 1. The highest BCUT2D eigenvalue weighted by Gasteiger charge is 2.23. The van der Waals surface area contributed by atoms with Crippen LogP contribution in [-0.4, -0.2) is 11.9 Å². The first-order valence-electron chi connectivity index (χ1n) is 9.34. The molecule has 1 amide bonds. The Labute approximate surface area is 154 Å². The molecule has 2 unspecified atom stereocenters. The van der Waals surface area contributed by atoms with E-state index in [1.165, 1.54) is 16.5 Å². The molecular weight excluding hydrogens is 320 g/mol. The molecule has 3 aromatic carbocycles. The summed E-state index contributed by atoms with van der Waals surface area (Å²) in [6.07, 6.45) is 3.37. The first-order valence-corrected chi connectivity index (χ1v) is 9.34. The molecule has 0 saturated carbocycles. The Bertz CT molecular complexity index is 934. The maximum Gasteiger partial charge on any atom is 0.241 e. The van der Waals surface area contributed by atoms with Gasteiger partial charge in [0.05, 0.1) is 6.04 Å². The summed E-state index contributed by atoms with van der Waals surface area (Å²) in [6.45, 7) is 1.94. The van der Waals surface area contributed by atoms with Gasteiger partial charge in [0, 0.05) is 11.7 Å². The van der Waals surface area contributed by atoms with Crippen LogP contribution in [0.3, 0.4) is 0 Å². The van der Waals surface area contributed by atoms with Crippen molar-refractivity contribution >= 4 is 22.4 Å². The van der Waals surface area contributed by atoms with Gasteiger partial charge in [-0.2, -0.15) is 0 Å². The molecule has 0 saturated heterocycles. The summed E-state index contributed by atoms with van der Waals surface area (Å²) in [5.41, 5.74) is 3.58. The Balaban J connectivity index is 1.45. The summed E-state index contributed by atoms with van der Waals surface area (Å²) in [5, 5.41) is 8.87. The SMILES string of the molecule is CC(NC1CCCc2ccccc21)C(=O)Nc1ccc2ccccc2c1. The molecule has 4 rings (SSSR count). The molecule has 1 aliphatic rings. The van der Waals surface area contributed by atoms with Crippen LogP contribution in [0.4, 0.5) is 5.69 Å². The van der Waals surface area contributed by atoms with Crippen LogP contribution in [-0.2, 0) is 11.2 Å². The zero-order valence-electron chi connectivity index (χ0n) is 15.0. The zero-order chi connectivity index (χ0) is 17.9. The second-order valence-electron chi connectivity index (χ2n) is 7.08. The van der Waals surface area contributed by atoms with E-state index in [-0.39, 0.29) is 18.0 Å². The highest BCUT2D eigenvalue weighted by Crippen LogP contribution is 2.29. The number of nitrogens with one attached hydrogen (secondary N) is 2. The lowest BCUT2D eigenvalue weighted by atomic mass is 9.87. The Morgan fingerprint density at radius 1 is 1.00 bits per heavy atom. The predicted molar refractivity (Wildman–Crippen MR) is 107 cm³/mol. The largest absolute Gasteiger partial charge is 0.325 e. The number of anilines is 1. The molecule has 0 spiro atoms. The molecule has 0 fully saturated rings. The molecule has 0 bridgehead atoms. The Kier molecular flexibility index (Phi) is 4.72. The van der Waals surface area contributed by atoms with Crippen molar-refractivity contribution in [3.05, 3.63) is 77.9 Å². The summed E-state index contributed by atoms with van der Waals surface area (Å²) in [5.74, 6) is 0.00309. The van der Waals surface area contributed by atoms with E-state index >= 15 is 0 Å². The lowest BCUT2D eigenvalue weighted by Gasteiger charge is -2.29. The average molecular weight is 344 g/mol. The number of hydrogen-bond acceptors (Lipinski definition) is 2. The van der Waals surface area contributed by atoms with Crippen LogP contribution in [0, 0.1) is 0 Å². The third-order valence-electron chi connectivity index (χ3n) is 5.23. The number of benzene rings is 3. The van der Waals surface area contributed by atoms with Gasteiger partial charge in [-0.25, -0.2) is 0 Å². The third kappa shape index (κ3) is 3.49. The van der Waals surface area contributed by atoms with E-state index in [9.17, 15) is 4.79 Å². The van der Waals surface area contributed by atoms with Gasteiger partial charge < -0.3 is 5.32 Å². The van der Waals surface area contributed by atoms with E-state index in [1.807, 2.05) is 37.3 Å².